The third-order valence-electron chi connectivity index (χ3n) is 6.98. The van der Waals surface area contributed by atoms with Crippen molar-refractivity contribution in [2.75, 3.05) is 13.1 Å². The standard InChI is InChI=1S/C26H19F9N2O3S/c27-18-2-4-19(5-3-18)41(39,40)23(9-12-37(15-23)22(38)13-16-7-10-36-11-8-16)17-1-6-20(21(28)14-17)24(29,25(30,31)32)26(33,34)35/h1-8,10-11,14H,9,12-13,15H2. The number of aromatic nitrogens is 1. The maximum absolute atomic E-state index is 15.0. The first-order valence-corrected chi connectivity index (χ1v) is 13.2. The number of sulfone groups is 1. The fourth-order valence-electron chi connectivity index (χ4n) is 4.78. The van der Waals surface area contributed by atoms with Crippen LogP contribution < -0.4 is 0 Å². The van der Waals surface area contributed by atoms with Crippen LogP contribution in [0.4, 0.5) is 39.5 Å². The van der Waals surface area contributed by atoms with Gasteiger partial charge in [-0.3, -0.25) is 9.78 Å². The molecule has 0 spiro atoms. The SMILES string of the molecule is O=C(Cc1ccncc1)N1CCC(c2ccc(C(F)(C(F)(F)F)C(F)(F)F)c(F)c2)(S(=O)(=O)c2ccc(F)cc2)C1. The van der Waals surface area contributed by atoms with E-state index < -0.39 is 79.1 Å². The molecule has 4 rings (SSSR count). The van der Waals surface area contributed by atoms with Gasteiger partial charge in [0.05, 0.1) is 11.3 Å². The van der Waals surface area contributed by atoms with Crippen LogP contribution in [0.3, 0.4) is 0 Å². The smallest absolute Gasteiger partial charge is 0.340 e. The number of pyridine rings is 1. The van der Waals surface area contributed by atoms with Gasteiger partial charge < -0.3 is 4.90 Å². The maximum Gasteiger partial charge on any atom is 0.436 e. The Balaban J connectivity index is 1.84. The number of carbonyl (C=O) groups is 1. The predicted molar refractivity (Wildman–Crippen MR) is 126 cm³/mol. The van der Waals surface area contributed by atoms with E-state index in [2.05, 4.69) is 4.98 Å². The number of nitrogens with zero attached hydrogens (tertiary/aromatic N) is 2. The molecule has 2 aromatic carbocycles. The summed E-state index contributed by atoms with van der Waals surface area (Å²) in [5.41, 5.74) is -8.60. The van der Waals surface area contributed by atoms with Crippen LogP contribution in [0.5, 0.6) is 0 Å². The third-order valence-corrected chi connectivity index (χ3v) is 9.47. The molecule has 3 aromatic rings. The van der Waals surface area contributed by atoms with E-state index in [-0.39, 0.29) is 25.1 Å². The van der Waals surface area contributed by atoms with Gasteiger partial charge in [0.25, 0.3) is 0 Å². The first-order valence-electron chi connectivity index (χ1n) is 11.7. The van der Waals surface area contributed by atoms with Gasteiger partial charge in [-0.2, -0.15) is 26.3 Å². The third kappa shape index (κ3) is 5.15. The van der Waals surface area contributed by atoms with Crippen molar-refractivity contribution in [1.82, 2.24) is 9.88 Å². The van der Waals surface area contributed by atoms with E-state index in [1.807, 2.05) is 0 Å². The quantitative estimate of drug-likeness (QED) is 0.262. The van der Waals surface area contributed by atoms with Crippen LogP contribution in [0.1, 0.15) is 23.1 Å². The molecule has 0 N–H and O–H groups in total. The van der Waals surface area contributed by atoms with E-state index in [1.165, 1.54) is 24.5 Å². The second-order valence-electron chi connectivity index (χ2n) is 9.40. The summed E-state index contributed by atoms with van der Waals surface area (Å²) < 4.78 is 148. The van der Waals surface area contributed by atoms with Gasteiger partial charge >= 0.3 is 18.0 Å². The number of hydrogen-bond donors (Lipinski definition) is 0. The van der Waals surface area contributed by atoms with E-state index >= 15 is 4.39 Å². The number of benzene rings is 2. The number of halogens is 9. The molecule has 220 valence electrons. The van der Waals surface area contributed by atoms with Crippen LogP contribution in [0.2, 0.25) is 0 Å². The highest BCUT2D eigenvalue weighted by atomic mass is 32.2. The zero-order chi connectivity index (χ0) is 30.4. The molecular formula is C26H19F9N2O3S. The number of rotatable bonds is 6. The van der Waals surface area contributed by atoms with E-state index in [9.17, 15) is 48.3 Å². The molecule has 0 radical (unpaired) electrons. The molecule has 1 unspecified atom stereocenters. The van der Waals surface area contributed by atoms with Crippen molar-refractivity contribution in [2.24, 2.45) is 0 Å². The van der Waals surface area contributed by atoms with Crippen molar-refractivity contribution in [3.63, 3.8) is 0 Å². The molecule has 0 saturated carbocycles. The predicted octanol–water partition coefficient (Wildman–Crippen LogP) is 5.79. The number of amides is 1. The summed E-state index contributed by atoms with van der Waals surface area (Å²) in [6, 6.07) is 6.85. The van der Waals surface area contributed by atoms with Crippen LogP contribution in [0.15, 0.2) is 71.9 Å². The number of likely N-dealkylation sites (tertiary alicyclic amines) is 1. The van der Waals surface area contributed by atoms with E-state index in [0.29, 0.717) is 11.6 Å². The van der Waals surface area contributed by atoms with Gasteiger partial charge in [0.2, 0.25) is 5.91 Å². The van der Waals surface area contributed by atoms with Crippen molar-refractivity contribution >= 4 is 15.7 Å². The average Bonchev–Trinajstić information content (AvgIpc) is 3.35. The Labute approximate surface area is 227 Å². The highest BCUT2D eigenvalue weighted by Gasteiger charge is 2.74. The lowest BCUT2D eigenvalue weighted by molar-refractivity contribution is -0.349. The Morgan fingerprint density at radius 2 is 1.46 bits per heavy atom. The zero-order valence-electron chi connectivity index (χ0n) is 20.6. The second-order valence-corrected chi connectivity index (χ2v) is 11.7. The topological polar surface area (TPSA) is 67.3 Å². The highest BCUT2D eigenvalue weighted by molar-refractivity contribution is 7.92. The van der Waals surface area contributed by atoms with Crippen molar-refractivity contribution in [3.05, 3.63) is 95.3 Å². The van der Waals surface area contributed by atoms with Gasteiger partial charge in [-0.05, 0) is 60.0 Å². The van der Waals surface area contributed by atoms with Crippen molar-refractivity contribution in [2.45, 2.75) is 40.5 Å². The molecular weight excluding hydrogens is 591 g/mol. The Bertz CT molecular complexity index is 1530. The molecule has 1 aliphatic heterocycles. The summed E-state index contributed by atoms with van der Waals surface area (Å²) >= 11 is 0. The molecule has 1 saturated heterocycles. The van der Waals surface area contributed by atoms with Gasteiger partial charge in [-0.15, -0.1) is 0 Å². The summed E-state index contributed by atoms with van der Waals surface area (Å²) in [4.78, 5) is 17.4. The Hall–Kier alpha value is -3.62. The fourth-order valence-corrected chi connectivity index (χ4v) is 6.84. The van der Waals surface area contributed by atoms with Crippen molar-refractivity contribution in [1.29, 1.82) is 0 Å². The first-order chi connectivity index (χ1) is 18.9. The lowest BCUT2D eigenvalue weighted by Gasteiger charge is -2.33. The summed E-state index contributed by atoms with van der Waals surface area (Å²) in [6.45, 7) is -0.916. The lowest BCUT2D eigenvalue weighted by Crippen LogP contribution is -2.51. The minimum Gasteiger partial charge on any atom is -0.340 e. The minimum absolute atomic E-state index is 0.0963. The summed E-state index contributed by atoms with van der Waals surface area (Å²) in [5.74, 6) is -3.69. The summed E-state index contributed by atoms with van der Waals surface area (Å²) in [7, 11) is -4.71. The molecule has 1 aliphatic rings. The molecule has 5 nitrogen and oxygen atoms in total. The zero-order valence-corrected chi connectivity index (χ0v) is 21.4. The normalized spacial score (nSPS) is 18.5. The lowest BCUT2D eigenvalue weighted by atomic mass is 9.89. The summed E-state index contributed by atoms with van der Waals surface area (Å²) in [5, 5.41) is 0. The number of hydrogen-bond acceptors (Lipinski definition) is 4. The van der Waals surface area contributed by atoms with Crippen LogP contribution in [0.25, 0.3) is 0 Å². The Kier molecular flexibility index (Phi) is 7.65. The fraction of sp³-hybridized carbons (Fsp3) is 0.308. The average molecular weight is 610 g/mol. The van der Waals surface area contributed by atoms with E-state index in [1.54, 1.807) is 0 Å². The van der Waals surface area contributed by atoms with E-state index in [4.69, 9.17) is 0 Å². The second kappa shape index (κ2) is 10.3. The number of carbonyl (C=O) groups excluding carboxylic acids is 1. The first kappa shape index (κ1) is 30.3. The van der Waals surface area contributed by atoms with Crippen molar-refractivity contribution in [3.8, 4) is 0 Å². The number of alkyl halides is 7. The monoisotopic (exact) mass is 610 g/mol. The molecule has 1 aromatic heterocycles. The maximum atomic E-state index is 15.0. The molecule has 1 atom stereocenters. The Morgan fingerprint density at radius 1 is 0.878 bits per heavy atom. The largest absolute Gasteiger partial charge is 0.436 e. The van der Waals surface area contributed by atoms with Crippen LogP contribution in [0, 0.1) is 11.6 Å². The molecule has 41 heavy (non-hydrogen) atoms. The summed E-state index contributed by atoms with van der Waals surface area (Å²) in [6.07, 6.45) is -11.0. The van der Waals surface area contributed by atoms with Crippen LogP contribution in [-0.4, -0.2) is 49.7 Å². The molecule has 0 bridgehead atoms. The molecule has 1 fully saturated rings. The van der Waals surface area contributed by atoms with E-state index in [0.717, 1.165) is 29.2 Å². The van der Waals surface area contributed by atoms with Crippen molar-refractivity contribution < 1.29 is 52.7 Å². The minimum atomic E-state index is -6.60. The van der Waals surface area contributed by atoms with Gasteiger partial charge in [-0.1, -0.05) is 12.1 Å². The van der Waals surface area contributed by atoms with Crippen LogP contribution in [-0.2, 0) is 31.5 Å². The van der Waals surface area contributed by atoms with Gasteiger partial charge in [-0.25, -0.2) is 21.6 Å². The molecule has 1 amide bonds. The molecule has 2 heterocycles. The van der Waals surface area contributed by atoms with Gasteiger partial charge in [0.1, 0.15) is 16.4 Å². The molecule has 0 aliphatic carbocycles. The van der Waals surface area contributed by atoms with Gasteiger partial charge in [0.15, 0.2) is 9.84 Å². The van der Waals surface area contributed by atoms with Gasteiger partial charge in [0, 0.05) is 31.0 Å². The van der Waals surface area contributed by atoms with Crippen LogP contribution >= 0.6 is 0 Å². The Morgan fingerprint density at radius 3 is 2.00 bits per heavy atom. The highest BCUT2D eigenvalue weighted by Crippen LogP contribution is 2.54. The molecule has 15 heteroatoms.